The first-order chi connectivity index (χ1) is 17.0. The van der Waals surface area contributed by atoms with Crippen molar-refractivity contribution < 1.29 is 32.6 Å². The van der Waals surface area contributed by atoms with Crippen LogP contribution < -0.4 is 0 Å². The predicted octanol–water partition coefficient (Wildman–Crippen LogP) is 3.89. The number of amides is 1. The van der Waals surface area contributed by atoms with Crippen LogP contribution in [0.2, 0.25) is 0 Å². The highest BCUT2D eigenvalue weighted by atomic mass is 19.4. The van der Waals surface area contributed by atoms with E-state index in [0.717, 1.165) is 28.2 Å². The van der Waals surface area contributed by atoms with Gasteiger partial charge in [0.1, 0.15) is 6.61 Å². The highest BCUT2D eigenvalue weighted by Crippen LogP contribution is 2.34. The van der Waals surface area contributed by atoms with Crippen LogP contribution in [0.3, 0.4) is 0 Å². The minimum absolute atomic E-state index is 0.000341. The molecule has 1 aliphatic rings. The topological polar surface area (TPSA) is 102 Å². The summed E-state index contributed by atoms with van der Waals surface area (Å²) in [5.74, 6) is -2.76. The summed E-state index contributed by atoms with van der Waals surface area (Å²) in [4.78, 5) is 27.9. The van der Waals surface area contributed by atoms with Crippen molar-refractivity contribution in [2.24, 2.45) is 0 Å². The summed E-state index contributed by atoms with van der Waals surface area (Å²) >= 11 is 0. The summed E-state index contributed by atoms with van der Waals surface area (Å²) in [5, 5.41) is 12.0. The van der Waals surface area contributed by atoms with Crippen molar-refractivity contribution in [3.8, 4) is 11.3 Å². The molecule has 3 aromatic heterocycles. The number of carbonyl (C=O) groups excluding carboxylic acids is 1. The zero-order chi connectivity index (χ0) is 26.5. The van der Waals surface area contributed by atoms with Gasteiger partial charge in [0, 0.05) is 54.6 Å². The van der Waals surface area contributed by atoms with E-state index in [4.69, 9.17) is 19.7 Å². The molecule has 0 unspecified atom stereocenters. The van der Waals surface area contributed by atoms with E-state index in [9.17, 15) is 18.0 Å². The first-order valence-corrected chi connectivity index (χ1v) is 11.3. The van der Waals surface area contributed by atoms with Gasteiger partial charge in [0.15, 0.2) is 0 Å². The highest BCUT2D eigenvalue weighted by molar-refractivity contribution is 5.79. The number of carbonyl (C=O) groups is 2. The third kappa shape index (κ3) is 6.51. The fraction of sp³-hybridized carbons (Fsp3) is 0.417. The average Bonchev–Trinajstić information content (AvgIpc) is 3.37. The monoisotopic (exact) mass is 507 g/mol. The molecule has 1 N–H and O–H groups in total. The van der Waals surface area contributed by atoms with Gasteiger partial charge in [0.2, 0.25) is 5.91 Å². The first kappa shape index (κ1) is 26.9. The van der Waals surface area contributed by atoms with Gasteiger partial charge in [-0.2, -0.15) is 18.3 Å². The van der Waals surface area contributed by atoms with E-state index >= 15 is 0 Å². The van der Waals surface area contributed by atoms with Crippen molar-refractivity contribution in [3.05, 3.63) is 59.8 Å². The molecular weight excluding hydrogens is 479 g/mol. The Hall–Kier alpha value is -3.67. The molecule has 0 aliphatic carbocycles. The molecule has 9 nitrogen and oxygen atoms in total. The van der Waals surface area contributed by atoms with Gasteiger partial charge in [-0.25, -0.2) is 4.79 Å². The number of hydrogen-bond acceptors (Lipinski definition) is 5. The normalized spacial score (nSPS) is 12.9. The molecule has 3 aromatic rings. The summed E-state index contributed by atoms with van der Waals surface area (Å²) in [7, 11) is 0. The van der Waals surface area contributed by atoms with E-state index in [2.05, 4.69) is 35.7 Å². The maximum Gasteiger partial charge on any atom is 0.490 e. The third-order valence-corrected chi connectivity index (χ3v) is 5.45. The quantitative estimate of drug-likeness (QED) is 0.543. The van der Waals surface area contributed by atoms with Crippen molar-refractivity contribution in [1.29, 1.82) is 0 Å². The molecule has 0 saturated heterocycles. The van der Waals surface area contributed by atoms with Crippen molar-refractivity contribution >= 4 is 11.9 Å². The Bertz CT molecular complexity index is 1190. The van der Waals surface area contributed by atoms with Crippen molar-refractivity contribution in [1.82, 2.24) is 24.2 Å². The summed E-state index contributed by atoms with van der Waals surface area (Å²) in [5.41, 5.74) is 5.16. The summed E-state index contributed by atoms with van der Waals surface area (Å²) in [6, 6.07) is 8.30. The minimum atomic E-state index is -5.08. The number of aromatic nitrogens is 4. The number of halogens is 3. The van der Waals surface area contributed by atoms with E-state index in [-0.39, 0.29) is 12.5 Å². The van der Waals surface area contributed by atoms with Gasteiger partial charge in [0.25, 0.3) is 0 Å². The third-order valence-electron chi connectivity index (χ3n) is 5.45. The van der Waals surface area contributed by atoms with Crippen LogP contribution in [-0.4, -0.2) is 60.6 Å². The Kier molecular flexibility index (Phi) is 8.51. The van der Waals surface area contributed by atoms with E-state index in [1.807, 2.05) is 40.9 Å². The number of carboxylic acids is 1. The van der Waals surface area contributed by atoms with Crippen LogP contribution in [0.4, 0.5) is 13.2 Å². The maximum atomic E-state index is 12.8. The second-order valence-electron chi connectivity index (χ2n) is 8.39. The minimum Gasteiger partial charge on any atom is -0.475 e. The van der Waals surface area contributed by atoms with Crippen LogP contribution in [0.5, 0.6) is 0 Å². The standard InChI is InChI=1S/C22H27N5O2.C2HF3O2/c1-4-29-15-21(28)25-11-17-12-26(13-18-7-5-6-9-23-18)24-22(17)19-8-10-27(16(2)3)20(19)14-25;3-2(4,5)1(6)7/h5-10,12,16H,4,11,13-15H2,1-3H3;(H,6,7). The number of alkyl halides is 3. The fourth-order valence-electron chi connectivity index (χ4n) is 3.79. The van der Waals surface area contributed by atoms with Crippen LogP contribution in [0.1, 0.15) is 43.8 Å². The van der Waals surface area contributed by atoms with Gasteiger partial charge in [0.05, 0.1) is 24.5 Å². The number of hydrogen-bond donors (Lipinski definition) is 1. The van der Waals surface area contributed by atoms with Crippen molar-refractivity contribution in [2.45, 2.75) is 52.6 Å². The van der Waals surface area contributed by atoms with Crippen LogP contribution in [0, 0.1) is 0 Å². The van der Waals surface area contributed by atoms with E-state index in [1.54, 1.807) is 6.20 Å². The molecule has 4 heterocycles. The molecule has 36 heavy (non-hydrogen) atoms. The lowest BCUT2D eigenvalue weighted by Crippen LogP contribution is -2.33. The summed E-state index contributed by atoms with van der Waals surface area (Å²) < 4.78 is 41.3. The van der Waals surface area contributed by atoms with Crippen LogP contribution in [0.15, 0.2) is 42.9 Å². The molecule has 12 heteroatoms. The van der Waals surface area contributed by atoms with E-state index < -0.39 is 12.1 Å². The highest BCUT2D eigenvalue weighted by Gasteiger charge is 2.38. The van der Waals surface area contributed by atoms with Gasteiger partial charge in [-0.15, -0.1) is 0 Å². The Morgan fingerprint density at radius 2 is 1.92 bits per heavy atom. The SMILES string of the molecule is CCOCC(=O)N1Cc2cn(Cc3ccccn3)nc2-c2ccn(C(C)C)c2C1.O=C(O)C(F)(F)F. The number of rotatable bonds is 6. The van der Waals surface area contributed by atoms with Crippen LogP contribution in [0.25, 0.3) is 11.3 Å². The Morgan fingerprint density at radius 3 is 2.50 bits per heavy atom. The molecule has 0 spiro atoms. The summed E-state index contributed by atoms with van der Waals surface area (Å²) in [6.07, 6.45) is 0.832. The average molecular weight is 508 g/mol. The predicted molar refractivity (Wildman–Crippen MR) is 124 cm³/mol. The smallest absolute Gasteiger partial charge is 0.475 e. The van der Waals surface area contributed by atoms with Crippen LogP contribution in [-0.2, 0) is 34.0 Å². The zero-order valence-corrected chi connectivity index (χ0v) is 20.2. The Balaban J connectivity index is 0.000000454. The number of nitrogens with zero attached hydrogens (tertiary/aromatic N) is 5. The molecule has 4 rings (SSSR count). The second kappa shape index (κ2) is 11.4. The zero-order valence-electron chi connectivity index (χ0n) is 20.2. The molecule has 0 bridgehead atoms. The molecule has 194 valence electrons. The Labute approximate surface area is 206 Å². The molecular formula is C24H28F3N5O4. The molecule has 1 aliphatic heterocycles. The number of aliphatic carboxylic acids is 1. The molecule has 0 aromatic carbocycles. The lowest BCUT2D eigenvalue weighted by molar-refractivity contribution is -0.192. The van der Waals surface area contributed by atoms with E-state index in [0.29, 0.717) is 32.3 Å². The molecule has 0 atom stereocenters. The van der Waals surface area contributed by atoms with Gasteiger partial charge in [-0.05, 0) is 39.0 Å². The molecule has 0 saturated carbocycles. The van der Waals surface area contributed by atoms with Crippen molar-refractivity contribution in [2.75, 3.05) is 13.2 Å². The van der Waals surface area contributed by atoms with E-state index in [1.165, 1.54) is 0 Å². The second-order valence-corrected chi connectivity index (χ2v) is 8.39. The maximum absolute atomic E-state index is 12.8. The number of fused-ring (bicyclic) bond motifs is 3. The molecule has 0 radical (unpaired) electrons. The first-order valence-electron chi connectivity index (χ1n) is 11.3. The Morgan fingerprint density at radius 1 is 1.19 bits per heavy atom. The molecule has 0 fully saturated rings. The number of pyridine rings is 1. The van der Waals surface area contributed by atoms with Crippen molar-refractivity contribution in [3.63, 3.8) is 0 Å². The van der Waals surface area contributed by atoms with Gasteiger partial charge < -0.3 is 19.3 Å². The van der Waals surface area contributed by atoms with Gasteiger partial charge >= 0.3 is 12.1 Å². The van der Waals surface area contributed by atoms with Crippen LogP contribution >= 0.6 is 0 Å². The summed E-state index contributed by atoms with van der Waals surface area (Å²) in [6.45, 7) is 8.51. The lowest BCUT2D eigenvalue weighted by atomic mass is 10.1. The largest absolute Gasteiger partial charge is 0.490 e. The lowest BCUT2D eigenvalue weighted by Gasteiger charge is -2.23. The van der Waals surface area contributed by atoms with Gasteiger partial charge in [-0.3, -0.25) is 14.5 Å². The number of carboxylic acid groups (broad SMARTS) is 1. The number of ether oxygens (including phenoxy) is 1. The van der Waals surface area contributed by atoms with Gasteiger partial charge in [-0.1, -0.05) is 6.07 Å². The molecule has 1 amide bonds. The fourth-order valence-corrected chi connectivity index (χ4v) is 3.79.